The van der Waals surface area contributed by atoms with Crippen LogP contribution in [0.5, 0.6) is 5.75 Å². The Hall–Kier alpha value is -1.81. The lowest BCUT2D eigenvalue weighted by Gasteiger charge is -2.13. The molecule has 0 radical (unpaired) electrons. The summed E-state index contributed by atoms with van der Waals surface area (Å²) in [7, 11) is 1.61. The number of benzene rings is 1. The average molecular weight is 288 g/mol. The fourth-order valence-electron chi connectivity index (χ4n) is 2.49. The number of carbonyl (C=O) groups excluding carboxylic acids is 1. The van der Waals surface area contributed by atoms with Gasteiger partial charge in [0.15, 0.2) is 0 Å². The second-order valence-corrected chi connectivity index (χ2v) is 5.32. The highest BCUT2D eigenvalue weighted by atomic mass is 16.5. The monoisotopic (exact) mass is 288 g/mol. The minimum absolute atomic E-state index is 0.0270. The Morgan fingerprint density at radius 1 is 1.33 bits per heavy atom. The first-order valence-electron chi connectivity index (χ1n) is 7.60. The zero-order valence-corrected chi connectivity index (χ0v) is 12.7. The summed E-state index contributed by atoms with van der Waals surface area (Å²) in [5.74, 6) is 0.714. The number of amides is 1. The molecule has 1 amide bonds. The molecule has 4 nitrogen and oxygen atoms in total. The molecule has 0 saturated carbocycles. The van der Waals surface area contributed by atoms with Gasteiger partial charge in [0.25, 0.3) is 0 Å². The van der Waals surface area contributed by atoms with Crippen LogP contribution in [-0.4, -0.2) is 26.1 Å². The van der Waals surface area contributed by atoms with E-state index >= 15 is 0 Å². The van der Waals surface area contributed by atoms with Gasteiger partial charge in [-0.3, -0.25) is 4.79 Å². The van der Waals surface area contributed by atoms with Crippen LogP contribution in [0.4, 0.5) is 5.69 Å². The van der Waals surface area contributed by atoms with Gasteiger partial charge < -0.3 is 15.4 Å². The van der Waals surface area contributed by atoms with Crippen molar-refractivity contribution in [2.45, 2.75) is 32.1 Å². The summed E-state index contributed by atoms with van der Waals surface area (Å²) in [6.45, 7) is 1.20. The fraction of sp³-hybridized carbons (Fsp3) is 0.471. The van der Waals surface area contributed by atoms with Crippen molar-refractivity contribution in [1.29, 1.82) is 0 Å². The number of nitrogens with one attached hydrogen (secondary N) is 2. The normalized spacial score (nSPS) is 14.4. The molecule has 0 spiro atoms. The molecule has 0 aromatic heterocycles. The zero-order chi connectivity index (χ0) is 14.9. The average Bonchev–Trinajstić information content (AvgIpc) is 2.53. The van der Waals surface area contributed by atoms with Crippen molar-refractivity contribution in [3.63, 3.8) is 0 Å². The summed E-state index contributed by atoms with van der Waals surface area (Å²) < 4.78 is 5.13. The van der Waals surface area contributed by atoms with Gasteiger partial charge in [0.05, 0.1) is 13.7 Å². The fourth-order valence-corrected chi connectivity index (χ4v) is 2.49. The Morgan fingerprint density at radius 3 is 3.00 bits per heavy atom. The molecular formula is C17H24N2O2. The van der Waals surface area contributed by atoms with E-state index in [0.29, 0.717) is 6.54 Å². The van der Waals surface area contributed by atoms with Crippen molar-refractivity contribution in [2.75, 3.05) is 25.5 Å². The number of carbonyl (C=O) groups is 1. The second-order valence-electron chi connectivity index (χ2n) is 5.32. The highest BCUT2D eigenvalue weighted by Gasteiger charge is 2.05. The maximum absolute atomic E-state index is 11.8. The highest BCUT2D eigenvalue weighted by Crippen LogP contribution is 2.19. The summed E-state index contributed by atoms with van der Waals surface area (Å²) >= 11 is 0. The van der Waals surface area contributed by atoms with Crippen LogP contribution in [0.15, 0.2) is 35.9 Å². The zero-order valence-electron chi connectivity index (χ0n) is 12.7. The Kier molecular flexibility index (Phi) is 6.28. The SMILES string of the molecule is COc1cccc(NC(=O)CNCCC2=CCCCC2)c1. The largest absolute Gasteiger partial charge is 0.497 e. The quantitative estimate of drug-likeness (QED) is 0.599. The van der Waals surface area contributed by atoms with E-state index < -0.39 is 0 Å². The lowest BCUT2D eigenvalue weighted by Crippen LogP contribution is -2.29. The lowest BCUT2D eigenvalue weighted by molar-refractivity contribution is -0.115. The third kappa shape index (κ3) is 5.60. The van der Waals surface area contributed by atoms with Gasteiger partial charge in [-0.25, -0.2) is 0 Å². The number of allylic oxidation sites excluding steroid dienone is 1. The first-order chi connectivity index (χ1) is 10.3. The van der Waals surface area contributed by atoms with E-state index in [-0.39, 0.29) is 5.91 Å². The van der Waals surface area contributed by atoms with Gasteiger partial charge in [0.2, 0.25) is 5.91 Å². The standard InChI is InChI=1S/C17H24N2O2/c1-21-16-9-5-8-15(12-16)19-17(20)13-18-11-10-14-6-3-2-4-7-14/h5-6,8-9,12,18H,2-4,7,10-11,13H2,1H3,(H,19,20). The molecule has 1 aromatic rings. The number of ether oxygens (including phenoxy) is 1. The molecule has 4 heteroatoms. The lowest BCUT2D eigenvalue weighted by atomic mass is 9.97. The number of hydrogen-bond donors (Lipinski definition) is 2. The number of rotatable bonds is 7. The Morgan fingerprint density at radius 2 is 2.24 bits per heavy atom. The van der Waals surface area contributed by atoms with E-state index in [9.17, 15) is 4.79 Å². The van der Waals surface area contributed by atoms with Crippen LogP contribution in [0.3, 0.4) is 0 Å². The van der Waals surface area contributed by atoms with Gasteiger partial charge in [-0.15, -0.1) is 0 Å². The maximum Gasteiger partial charge on any atom is 0.238 e. The summed E-state index contributed by atoms with van der Waals surface area (Å²) in [4.78, 5) is 11.8. The summed E-state index contributed by atoms with van der Waals surface area (Å²) in [6, 6.07) is 7.38. The molecule has 2 rings (SSSR count). The summed E-state index contributed by atoms with van der Waals surface area (Å²) in [5, 5.41) is 6.06. The molecule has 0 heterocycles. The molecule has 0 aliphatic heterocycles. The van der Waals surface area contributed by atoms with E-state index in [1.54, 1.807) is 7.11 Å². The van der Waals surface area contributed by atoms with E-state index in [0.717, 1.165) is 24.4 Å². The summed E-state index contributed by atoms with van der Waals surface area (Å²) in [5.41, 5.74) is 2.29. The van der Waals surface area contributed by atoms with Gasteiger partial charge in [0.1, 0.15) is 5.75 Å². The van der Waals surface area contributed by atoms with Gasteiger partial charge in [-0.2, -0.15) is 0 Å². The molecule has 0 saturated heterocycles. The Balaban J connectivity index is 1.66. The molecule has 21 heavy (non-hydrogen) atoms. The van der Waals surface area contributed by atoms with Gasteiger partial charge in [-0.1, -0.05) is 17.7 Å². The van der Waals surface area contributed by atoms with E-state index in [1.165, 1.54) is 31.3 Å². The van der Waals surface area contributed by atoms with Crippen molar-refractivity contribution < 1.29 is 9.53 Å². The molecule has 2 N–H and O–H groups in total. The van der Waals surface area contributed by atoms with Crippen molar-refractivity contribution >= 4 is 11.6 Å². The first kappa shape index (κ1) is 15.6. The number of methoxy groups -OCH3 is 1. The minimum Gasteiger partial charge on any atom is -0.497 e. The Bertz CT molecular complexity index is 497. The van der Waals surface area contributed by atoms with Gasteiger partial charge in [-0.05, 0) is 50.8 Å². The third-order valence-electron chi connectivity index (χ3n) is 3.65. The molecule has 0 fully saturated rings. The van der Waals surface area contributed by atoms with Crippen LogP contribution in [0.2, 0.25) is 0 Å². The van der Waals surface area contributed by atoms with Crippen LogP contribution in [0, 0.1) is 0 Å². The van der Waals surface area contributed by atoms with Crippen LogP contribution in [0.25, 0.3) is 0 Å². The molecule has 0 atom stereocenters. The minimum atomic E-state index is -0.0270. The molecule has 1 aliphatic rings. The van der Waals surface area contributed by atoms with Crippen LogP contribution < -0.4 is 15.4 Å². The maximum atomic E-state index is 11.8. The van der Waals surface area contributed by atoms with E-state index in [4.69, 9.17) is 4.74 Å². The molecular weight excluding hydrogens is 264 g/mol. The van der Waals surface area contributed by atoms with E-state index in [2.05, 4.69) is 16.7 Å². The summed E-state index contributed by atoms with van der Waals surface area (Å²) in [6.07, 6.45) is 8.46. The van der Waals surface area contributed by atoms with Crippen molar-refractivity contribution in [3.8, 4) is 5.75 Å². The topological polar surface area (TPSA) is 50.4 Å². The van der Waals surface area contributed by atoms with Gasteiger partial charge >= 0.3 is 0 Å². The highest BCUT2D eigenvalue weighted by molar-refractivity contribution is 5.92. The molecule has 0 unspecified atom stereocenters. The number of anilines is 1. The number of hydrogen-bond acceptors (Lipinski definition) is 3. The van der Waals surface area contributed by atoms with E-state index in [1.807, 2.05) is 24.3 Å². The predicted octanol–water partition coefficient (Wildman–Crippen LogP) is 3.11. The van der Waals surface area contributed by atoms with Crippen molar-refractivity contribution in [2.24, 2.45) is 0 Å². The third-order valence-corrected chi connectivity index (χ3v) is 3.65. The van der Waals surface area contributed by atoms with Crippen molar-refractivity contribution in [3.05, 3.63) is 35.9 Å². The molecule has 114 valence electrons. The van der Waals surface area contributed by atoms with Crippen LogP contribution in [-0.2, 0) is 4.79 Å². The second kappa shape index (κ2) is 8.47. The first-order valence-corrected chi connectivity index (χ1v) is 7.60. The smallest absolute Gasteiger partial charge is 0.238 e. The van der Waals surface area contributed by atoms with Crippen LogP contribution in [0.1, 0.15) is 32.1 Å². The molecule has 1 aliphatic carbocycles. The molecule has 0 bridgehead atoms. The van der Waals surface area contributed by atoms with Crippen molar-refractivity contribution in [1.82, 2.24) is 5.32 Å². The molecule has 1 aromatic carbocycles. The van der Waals surface area contributed by atoms with Gasteiger partial charge in [0, 0.05) is 11.8 Å². The van der Waals surface area contributed by atoms with Crippen LogP contribution >= 0.6 is 0 Å². The predicted molar refractivity (Wildman–Crippen MR) is 85.7 cm³/mol. The Labute approximate surface area is 126 Å².